The van der Waals surface area contributed by atoms with Crippen LogP contribution < -0.4 is 4.74 Å². The lowest BCUT2D eigenvalue weighted by Crippen LogP contribution is -2.44. The Kier molecular flexibility index (Phi) is 3.06. The number of aliphatic hydroxyl groups is 1. The maximum absolute atomic E-state index is 11.1. The van der Waals surface area contributed by atoms with Crippen molar-refractivity contribution in [3.05, 3.63) is 29.3 Å². The normalized spacial score (nSPS) is 29.4. The van der Waals surface area contributed by atoms with E-state index in [2.05, 4.69) is 6.07 Å². The van der Waals surface area contributed by atoms with Crippen LogP contribution in [0.25, 0.3) is 0 Å². The van der Waals surface area contributed by atoms with E-state index in [-0.39, 0.29) is 5.60 Å². The van der Waals surface area contributed by atoms with Crippen molar-refractivity contribution in [2.75, 3.05) is 13.2 Å². The van der Waals surface area contributed by atoms with Gasteiger partial charge in [0.2, 0.25) is 0 Å². The molecule has 19 heavy (non-hydrogen) atoms. The van der Waals surface area contributed by atoms with E-state index in [0.29, 0.717) is 19.4 Å². The van der Waals surface area contributed by atoms with Crippen molar-refractivity contribution in [3.63, 3.8) is 0 Å². The summed E-state index contributed by atoms with van der Waals surface area (Å²) in [6.45, 7) is 5.41. The molecule has 3 rings (SSSR count). The van der Waals surface area contributed by atoms with Crippen LogP contribution in [0.2, 0.25) is 0 Å². The molecule has 2 aliphatic heterocycles. The van der Waals surface area contributed by atoms with Crippen LogP contribution >= 0.6 is 0 Å². The summed E-state index contributed by atoms with van der Waals surface area (Å²) < 4.78 is 11.6. The molecular weight excluding hydrogens is 240 g/mol. The Labute approximate surface area is 114 Å². The summed E-state index contributed by atoms with van der Waals surface area (Å²) in [5.74, 6) is 0.911. The molecule has 0 saturated carbocycles. The van der Waals surface area contributed by atoms with Crippen LogP contribution in [0.15, 0.2) is 18.2 Å². The van der Waals surface area contributed by atoms with E-state index in [9.17, 15) is 5.11 Å². The fourth-order valence-electron chi connectivity index (χ4n) is 3.33. The molecule has 1 fully saturated rings. The first-order valence-electron chi connectivity index (χ1n) is 7.12. The number of aryl methyl sites for hydroxylation is 1. The maximum atomic E-state index is 11.1. The highest BCUT2D eigenvalue weighted by Crippen LogP contribution is 2.44. The van der Waals surface area contributed by atoms with Gasteiger partial charge in [0, 0.05) is 18.4 Å². The largest absolute Gasteiger partial charge is 0.493 e. The van der Waals surface area contributed by atoms with Gasteiger partial charge >= 0.3 is 0 Å². The van der Waals surface area contributed by atoms with Gasteiger partial charge in [0.25, 0.3) is 0 Å². The Morgan fingerprint density at radius 2 is 2.05 bits per heavy atom. The van der Waals surface area contributed by atoms with Crippen LogP contribution in [0.5, 0.6) is 5.75 Å². The number of benzene rings is 1. The highest BCUT2D eigenvalue weighted by Gasteiger charge is 2.42. The van der Waals surface area contributed by atoms with E-state index in [1.54, 1.807) is 0 Å². The van der Waals surface area contributed by atoms with E-state index in [0.717, 1.165) is 30.8 Å². The average Bonchev–Trinajstić information content (AvgIpc) is 2.36. The summed E-state index contributed by atoms with van der Waals surface area (Å²) in [6, 6.07) is 6.14. The van der Waals surface area contributed by atoms with E-state index in [4.69, 9.17) is 9.47 Å². The molecule has 0 amide bonds. The van der Waals surface area contributed by atoms with Gasteiger partial charge < -0.3 is 14.6 Å². The molecule has 1 atom stereocenters. The second-order valence-electron chi connectivity index (χ2n) is 6.31. The van der Waals surface area contributed by atoms with Crippen LogP contribution in [-0.4, -0.2) is 23.9 Å². The molecule has 3 nitrogen and oxygen atoms in total. The third kappa shape index (κ3) is 2.37. The van der Waals surface area contributed by atoms with Gasteiger partial charge in [0.1, 0.15) is 5.75 Å². The molecule has 104 valence electrons. The van der Waals surface area contributed by atoms with Crippen LogP contribution in [0.1, 0.15) is 44.2 Å². The summed E-state index contributed by atoms with van der Waals surface area (Å²) in [4.78, 5) is 0. The molecule has 2 heterocycles. The Morgan fingerprint density at radius 3 is 2.84 bits per heavy atom. The lowest BCUT2D eigenvalue weighted by molar-refractivity contribution is -0.148. The van der Waals surface area contributed by atoms with Crippen LogP contribution in [-0.2, 0) is 16.8 Å². The second kappa shape index (κ2) is 4.50. The van der Waals surface area contributed by atoms with Gasteiger partial charge in [-0.05, 0) is 32.3 Å². The van der Waals surface area contributed by atoms with Gasteiger partial charge in [-0.25, -0.2) is 0 Å². The van der Waals surface area contributed by atoms with Crippen molar-refractivity contribution in [1.82, 2.24) is 0 Å². The number of fused-ring (bicyclic) bond motifs is 1. The summed E-state index contributed by atoms with van der Waals surface area (Å²) in [5, 5.41) is 11.1. The minimum absolute atomic E-state index is 0.287. The van der Waals surface area contributed by atoms with Gasteiger partial charge in [-0.1, -0.05) is 18.2 Å². The van der Waals surface area contributed by atoms with Gasteiger partial charge in [0.15, 0.2) is 0 Å². The van der Waals surface area contributed by atoms with Crippen molar-refractivity contribution >= 4 is 0 Å². The summed E-state index contributed by atoms with van der Waals surface area (Å²) in [6.07, 6.45) is 3.35. The minimum Gasteiger partial charge on any atom is -0.493 e. The highest BCUT2D eigenvalue weighted by molar-refractivity contribution is 5.46. The molecular formula is C16H22O3. The Morgan fingerprint density at radius 1 is 1.21 bits per heavy atom. The smallest absolute Gasteiger partial charge is 0.128 e. The Hall–Kier alpha value is -1.06. The zero-order valence-electron chi connectivity index (χ0n) is 11.7. The third-order valence-electron chi connectivity index (χ3n) is 4.16. The predicted octanol–water partition coefficient (Wildman–Crippen LogP) is 2.79. The standard InChI is InChI=1S/C16H22O3/c1-15(2)11-16(17,8-10-19-15)13-7-3-5-12-6-4-9-18-14(12)13/h3,5,7,17H,4,6,8-11H2,1-2H3. The van der Waals surface area contributed by atoms with E-state index < -0.39 is 5.60 Å². The van der Waals surface area contributed by atoms with Crippen LogP contribution in [0.4, 0.5) is 0 Å². The average molecular weight is 262 g/mol. The van der Waals surface area contributed by atoms with Crippen molar-refractivity contribution in [3.8, 4) is 5.75 Å². The SMILES string of the molecule is CC1(C)CC(O)(c2cccc3c2OCCC3)CCO1. The van der Waals surface area contributed by atoms with Crippen molar-refractivity contribution in [2.24, 2.45) is 0 Å². The monoisotopic (exact) mass is 262 g/mol. The van der Waals surface area contributed by atoms with Gasteiger partial charge in [-0.2, -0.15) is 0 Å². The zero-order chi connectivity index (χ0) is 13.5. The van der Waals surface area contributed by atoms with Crippen molar-refractivity contribution < 1.29 is 14.6 Å². The second-order valence-corrected chi connectivity index (χ2v) is 6.31. The fourth-order valence-corrected chi connectivity index (χ4v) is 3.33. The molecule has 0 spiro atoms. The van der Waals surface area contributed by atoms with E-state index >= 15 is 0 Å². The number of hydrogen-bond donors (Lipinski definition) is 1. The van der Waals surface area contributed by atoms with Crippen molar-refractivity contribution in [1.29, 1.82) is 0 Å². The summed E-state index contributed by atoms with van der Waals surface area (Å²) in [7, 11) is 0. The molecule has 1 aromatic carbocycles. The van der Waals surface area contributed by atoms with E-state index in [1.807, 2.05) is 26.0 Å². The minimum atomic E-state index is -0.829. The van der Waals surface area contributed by atoms with Gasteiger partial charge in [-0.3, -0.25) is 0 Å². The first kappa shape index (κ1) is 12.9. The highest BCUT2D eigenvalue weighted by atomic mass is 16.5. The molecule has 0 bridgehead atoms. The van der Waals surface area contributed by atoms with Gasteiger partial charge in [-0.15, -0.1) is 0 Å². The first-order chi connectivity index (χ1) is 9.00. The summed E-state index contributed by atoms with van der Waals surface area (Å²) in [5.41, 5.74) is 1.05. The molecule has 1 aromatic rings. The van der Waals surface area contributed by atoms with Crippen molar-refractivity contribution in [2.45, 2.75) is 50.7 Å². The number of para-hydroxylation sites is 1. The molecule has 0 aliphatic carbocycles. The molecule has 1 unspecified atom stereocenters. The van der Waals surface area contributed by atoms with E-state index in [1.165, 1.54) is 5.56 Å². The first-order valence-corrected chi connectivity index (χ1v) is 7.12. The van der Waals surface area contributed by atoms with Gasteiger partial charge in [0.05, 0.1) is 24.4 Å². The number of rotatable bonds is 1. The number of hydrogen-bond acceptors (Lipinski definition) is 3. The molecule has 1 N–H and O–H groups in total. The topological polar surface area (TPSA) is 38.7 Å². The predicted molar refractivity (Wildman–Crippen MR) is 73.4 cm³/mol. The lowest BCUT2D eigenvalue weighted by atomic mass is 9.78. The third-order valence-corrected chi connectivity index (χ3v) is 4.16. The molecule has 1 saturated heterocycles. The zero-order valence-corrected chi connectivity index (χ0v) is 11.7. The van der Waals surface area contributed by atoms with Crippen LogP contribution in [0.3, 0.4) is 0 Å². The van der Waals surface area contributed by atoms with Crippen LogP contribution in [0, 0.1) is 0 Å². The Bertz CT molecular complexity index is 481. The maximum Gasteiger partial charge on any atom is 0.128 e. The fraction of sp³-hybridized carbons (Fsp3) is 0.625. The summed E-state index contributed by atoms with van der Waals surface area (Å²) >= 11 is 0. The molecule has 2 aliphatic rings. The molecule has 0 aromatic heterocycles. The number of ether oxygens (including phenoxy) is 2. The molecule has 0 radical (unpaired) electrons. The quantitative estimate of drug-likeness (QED) is 0.846. The Balaban J connectivity index is 2.01. The molecule has 3 heteroatoms. The lowest BCUT2D eigenvalue weighted by Gasteiger charge is -2.42.